The van der Waals surface area contributed by atoms with Crippen LogP contribution in [0.3, 0.4) is 0 Å². The van der Waals surface area contributed by atoms with E-state index in [4.69, 9.17) is 9.47 Å². The van der Waals surface area contributed by atoms with Crippen molar-refractivity contribution in [2.24, 2.45) is 5.92 Å². The molecule has 0 spiro atoms. The van der Waals surface area contributed by atoms with Crippen LogP contribution < -0.4 is 14.8 Å². The van der Waals surface area contributed by atoms with Gasteiger partial charge < -0.3 is 14.8 Å². The number of fused-ring (bicyclic) bond motifs is 1. The van der Waals surface area contributed by atoms with Crippen LogP contribution in [0.15, 0.2) is 42.5 Å². The number of nitrogens with zero attached hydrogens (tertiary/aromatic N) is 1. The molecule has 2 aliphatic heterocycles. The first kappa shape index (κ1) is 20.7. The minimum absolute atomic E-state index is 0.0455. The summed E-state index contributed by atoms with van der Waals surface area (Å²) in [5.74, 6) is 0.646. The number of amides is 1. The van der Waals surface area contributed by atoms with Crippen LogP contribution in [-0.4, -0.2) is 44.9 Å². The molecule has 0 radical (unpaired) electrons. The van der Waals surface area contributed by atoms with Crippen LogP contribution in [-0.2, 0) is 20.6 Å². The third-order valence-corrected chi connectivity index (χ3v) is 7.35. The number of nitrogens with one attached hydrogen (secondary N) is 1. The number of rotatable bonds is 5. The van der Waals surface area contributed by atoms with Crippen molar-refractivity contribution in [3.8, 4) is 11.5 Å². The molecular formula is C22H26N2O5S. The van der Waals surface area contributed by atoms with E-state index in [0.717, 1.165) is 11.1 Å². The van der Waals surface area contributed by atoms with Crippen molar-refractivity contribution >= 4 is 21.6 Å². The summed E-state index contributed by atoms with van der Waals surface area (Å²) in [5, 5.41) is 2.90. The number of hydrogen-bond donors (Lipinski definition) is 1. The fourth-order valence-electron chi connectivity index (χ4n) is 3.83. The molecule has 2 aromatic rings. The molecule has 2 aromatic carbocycles. The molecule has 4 rings (SSSR count). The molecule has 2 heterocycles. The quantitative estimate of drug-likeness (QED) is 0.788. The van der Waals surface area contributed by atoms with E-state index in [1.54, 1.807) is 18.2 Å². The SMILES string of the molecule is Cc1ccccc1CS(=O)(=O)N1CCC[C@H](C(=O)Nc2ccc3c(c2)OCCO3)C1. The molecule has 1 saturated heterocycles. The van der Waals surface area contributed by atoms with Crippen molar-refractivity contribution in [3.05, 3.63) is 53.6 Å². The Morgan fingerprint density at radius 3 is 2.70 bits per heavy atom. The van der Waals surface area contributed by atoms with Crippen molar-refractivity contribution in [1.29, 1.82) is 0 Å². The number of benzene rings is 2. The van der Waals surface area contributed by atoms with Gasteiger partial charge in [-0.3, -0.25) is 4.79 Å². The fraction of sp³-hybridized carbons (Fsp3) is 0.409. The first-order chi connectivity index (χ1) is 14.4. The van der Waals surface area contributed by atoms with Gasteiger partial charge in [0.05, 0.1) is 11.7 Å². The Labute approximate surface area is 177 Å². The Bertz CT molecular complexity index is 1040. The van der Waals surface area contributed by atoms with Crippen LogP contribution in [0.25, 0.3) is 0 Å². The molecule has 1 atom stereocenters. The van der Waals surface area contributed by atoms with Crippen molar-refractivity contribution in [2.75, 3.05) is 31.6 Å². The summed E-state index contributed by atoms with van der Waals surface area (Å²) in [7, 11) is -3.49. The van der Waals surface area contributed by atoms with Gasteiger partial charge in [-0.15, -0.1) is 0 Å². The number of hydrogen-bond acceptors (Lipinski definition) is 5. The maximum absolute atomic E-state index is 13.0. The second-order valence-corrected chi connectivity index (χ2v) is 9.70. The van der Waals surface area contributed by atoms with Crippen LogP contribution in [0.1, 0.15) is 24.0 Å². The monoisotopic (exact) mass is 430 g/mol. The number of ether oxygens (including phenoxy) is 2. The highest BCUT2D eigenvalue weighted by atomic mass is 32.2. The normalized spacial score (nSPS) is 19.3. The highest BCUT2D eigenvalue weighted by molar-refractivity contribution is 7.88. The van der Waals surface area contributed by atoms with Gasteiger partial charge in [-0.25, -0.2) is 12.7 Å². The van der Waals surface area contributed by atoms with Crippen molar-refractivity contribution in [3.63, 3.8) is 0 Å². The zero-order chi connectivity index (χ0) is 21.1. The van der Waals surface area contributed by atoms with E-state index in [1.807, 2.05) is 31.2 Å². The third-order valence-electron chi connectivity index (χ3n) is 5.56. The molecule has 0 bridgehead atoms. The van der Waals surface area contributed by atoms with Crippen molar-refractivity contribution in [1.82, 2.24) is 4.31 Å². The topological polar surface area (TPSA) is 84.9 Å². The lowest BCUT2D eigenvalue weighted by molar-refractivity contribution is -0.120. The summed E-state index contributed by atoms with van der Waals surface area (Å²) in [6.45, 7) is 3.53. The summed E-state index contributed by atoms with van der Waals surface area (Å²) >= 11 is 0. The summed E-state index contributed by atoms with van der Waals surface area (Å²) in [5.41, 5.74) is 2.36. The van der Waals surface area contributed by atoms with Gasteiger partial charge in [0.1, 0.15) is 13.2 Å². The van der Waals surface area contributed by atoms with E-state index in [0.29, 0.717) is 49.8 Å². The van der Waals surface area contributed by atoms with Crippen LogP contribution in [0.5, 0.6) is 11.5 Å². The fourth-order valence-corrected chi connectivity index (χ4v) is 5.55. The molecule has 30 heavy (non-hydrogen) atoms. The molecule has 1 fully saturated rings. The van der Waals surface area contributed by atoms with E-state index < -0.39 is 15.9 Å². The lowest BCUT2D eigenvalue weighted by atomic mass is 9.98. The number of carbonyl (C=O) groups is 1. The summed E-state index contributed by atoms with van der Waals surface area (Å²) in [4.78, 5) is 12.8. The predicted octanol–water partition coefficient (Wildman–Crippen LogP) is 2.95. The Hall–Kier alpha value is -2.58. The average Bonchev–Trinajstić information content (AvgIpc) is 2.75. The number of anilines is 1. The Morgan fingerprint density at radius 1 is 1.13 bits per heavy atom. The zero-order valence-corrected chi connectivity index (χ0v) is 17.8. The van der Waals surface area contributed by atoms with Crippen LogP contribution >= 0.6 is 0 Å². The second-order valence-electron chi connectivity index (χ2n) is 7.73. The maximum Gasteiger partial charge on any atom is 0.228 e. The third kappa shape index (κ3) is 4.60. The smallest absolute Gasteiger partial charge is 0.228 e. The molecule has 0 aromatic heterocycles. The Balaban J connectivity index is 1.42. The van der Waals surface area contributed by atoms with Gasteiger partial charge in [0.15, 0.2) is 11.5 Å². The Morgan fingerprint density at radius 2 is 1.90 bits per heavy atom. The summed E-state index contributed by atoms with van der Waals surface area (Å²) in [6.07, 6.45) is 1.32. The zero-order valence-electron chi connectivity index (χ0n) is 17.0. The highest BCUT2D eigenvalue weighted by Crippen LogP contribution is 2.33. The van der Waals surface area contributed by atoms with E-state index >= 15 is 0 Å². The summed E-state index contributed by atoms with van der Waals surface area (Å²) in [6, 6.07) is 12.8. The standard InChI is InChI=1S/C22H26N2O5S/c1-16-5-2-3-6-18(16)15-30(26,27)24-10-4-7-17(14-24)22(25)23-19-8-9-20-21(13-19)29-12-11-28-20/h2-3,5-6,8-9,13,17H,4,7,10-12,14-15H2,1H3,(H,23,25)/t17-/m0/s1. The molecule has 1 amide bonds. The minimum atomic E-state index is -3.49. The van der Waals surface area contributed by atoms with Gasteiger partial charge in [-0.1, -0.05) is 24.3 Å². The van der Waals surface area contributed by atoms with Gasteiger partial charge in [-0.05, 0) is 43.0 Å². The van der Waals surface area contributed by atoms with Crippen LogP contribution in [0.2, 0.25) is 0 Å². The molecule has 0 saturated carbocycles. The van der Waals surface area contributed by atoms with Crippen molar-refractivity contribution < 1.29 is 22.7 Å². The number of carbonyl (C=O) groups excluding carboxylic acids is 1. The van der Waals surface area contributed by atoms with Crippen LogP contribution in [0.4, 0.5) is 5.69 Å². The molecule has 2 aliphatic rings. The molecule has 1 N–H and O–H groups in total. The first-order valence-corrected chi connectivity index (χ1v) is 11.8. The van der Waals surface area contributed by atoms with Gasteiger partial charge in [0.25, 0.3) is 0 Å². The molecule has 0 aliphatic carbocycles. The minimum Gasteiger partial charge on any atom is -0.486 e. The average molecular weight is 431 g/mol. The Kier molecular flexibility index (Phi) is 5.97. The van der Waals surface area contributed by atoms with Gasteiger partial charge >= 0.3 is 0 Å². The number of aryl methyl sites for hydroxylation is 1. The van der Waals surface area contributed by atoms with Crippen molar-refractivity contribution in [2.45, 2.75) is 25.5 Å². The molecule has 7 nitrogen and oxygen atoms in total. The lowest BCUT2D eigenvalue weighted by Crippen LogP contribution is -2.44. The highest BCUT2D eigenvalue weighted by Gasteiger charge is 2.32. The largest absolute Gasteiger partial charge is 0.486 e. The number of piperidine rings is 1. The van der Waals surface area contributed by atoms with Gasteiger partial charge in [0.2, 0.25) is 15.9 Å². The molecular weight excluding hydrogens is 404 g/mol. The lowest BCUT2D eigenvalue weighted by Gasteiger charge is -2.31. The number of sulfonamides is 1. The summed E-state index contributed by atoms with van der Waals surface area (Å²) < 4.78 is 38.4. The van der Waals surface area contributed by atoms with Crippen LogP contribution in [0, 0.1) is 12.8 Å². The molecule has 0 unspecified atom stereocenters. The van der Waals surface area contributed by atoms with E-state index in [2.05, 4.69) is 5.32 Å². The van der Waals surface area contributed by atoms with Gasteiger partial charge in [0, 0.05) is 24.8 Å². The van der Waals surface area contributed by atoms with E-state index in [-0.39, 0.29) is 18.2 Å². The molecule has 160 valence electrons. The predicted molar refractivity (Wildman–Crippen MR) is 114 cm³/mol. The maximum atomic E-state index is 13.0. The van der Waals surface area contributed by atoms with Gasteiger partial charge in [-0.2, -0.15) is 0 Å². The van der Waals surface area contributed by atoms with E-state index in [1.165, 1.54) is 4.31 Å². The van der Waals surface area contributed by atoms with E-state index in [9.17, 15) is 13.2 Å². The first-order valence-electron chi connectivity index (χ1n) is 10.2. The molecule has 8 heteroatoms. The second kappa shape index (κ2) is 8.65.